The van der Waals surface area contributed by atoms with Gasteiger partial charge in [-0.1, -0.05) is 0 Å². The highest BCUT2D eigenvalue weighted by Gasteiger charge is 2.47. The molecule has 2 atom stereocenters. The second-order valence-corrected chi connectivity index (χ2v) is 7.07. The molecule has 4 rings (SSSR count). The fraction of sp³-hybridized carbons (Fsp3) is 0.556. The summed E-state index contributed by atoms with van der Waals surface area (Å²) in [5, 5.41) is 9.61. The second kappa shape index (κ2) is 8.07. The summed E-state index contributed by atoms with van der Waals surface area (Å²) in [5.41, 5.74) is 0.0810. The zero-order chi connectivity index (χ0) is 20.4. The molecule has 0 bridgehead atoms. The van der Waals surface area contributed by atoms with Crippen molar-refractivity contribution in [2.45, 2.75) is 24.7 Å². The summed E-state index contributed by atoms with van der Waals surface area (Å²) in [4.78, 5) is 14.8. The van der Waals surface area contributed by atoms with Gasteiger partial charge in [0.05, 0.1) is 31.7 Å². The van der Waals surface area contributed by atoms with E-state index in [-0.39, 0.29) is 17.8 Å². The lowest BCUT2D eigenvalue weighted by Crippen LogP contribution is -2.41. The molecule has 2 aliphatic rings. The number of hydrogen-bond donors (Lipinski definition) is 2. The van der Waals surface area contributed by atoms with Gasteiger partial charge in [-0.3, -0.25) is 9.69 Å². The van der Waals surface area contributed by atoms with Crippen LogP contribution in [0.1, 0.15) is 34.6 Å². The van der Waals surface area contributed by atoms with Gasteiger partial charge < -0.3 is 19.8 Å². The number of aromatic nitrogens is 2. The monoisotopic (exact) mass is 413 g/mol. The average Bonchev–Trinajstić information content (AvgIpc) is 3.37. The van der Waals surface area contributed by atoms with Crippen molar-refractivity contribution >= 4 is 11.7 Å². The van der Waals surface area contributed by atoms with E-state index in [9.17, 15) is 18.0 Å². The van der Waals surface area contributed by atoms with Crippen LogP contribution in [-0.4, -0.2) is 66.2 Å². The van der Waals surface area contributed by atoms with Crippen molar-refractivity contribution in [1.82, 2.24) is 20.0 Å². The topological polar surface area (TPSA) is 84.6 Å². The Hall–Kier alpha value is -2.53. The Morgan fingerprint density at radius 2 is 2.14 bits per heavy atom. The first-order valence-corrected chi connectivity index (χ1v) is 9.46. The molecule has 8 nitrogen and oxygen atoms in total. The van der Waals surface area contributed by atoms with Crippen LogP contribution < -0.4 is 10.6 Å². The van der Waals surface area contributed by atoms with Gasteiger partial charge in [0.2, 0.25) is 0 Å². The van der Waals surface area contributed by atoms with Gasteiger partial charge in [0.1, 0.15) is 17.1 Å². The smallest absolute Gasteiger partial charge is 0.410 e. The minimum atomic E-state index is -4.50. The number of nitrogens with one attached hydrogen (secondary N) is 2. The van der Waals surface area contributed by atoms with Gasteiger partial charge >= 0.3 is 6.18 Å². The highest BCUT2D eigenvalue weighted by atomic mass is 19.4. The predicted octanol–water partition coefficient (Wildman–Crippen LogP) is 2.20. The lowest BCUT2D eigenvalue weighted by Gasteiger charge is -2.32. The summed E-state index contributed by atoms with van der Waals surface area (Å²) < 4.78 is 52.3. The quantitative estimate of drug-likeness (QED) is 0.782. The van der Waals surface area contributed by atoms with Crippen LogP contribution in [-0.2, 0) is 4.74 Å². The number of fused-ring (bicyclic) bond motifs is 1. The summed E-state index contributed by atoms with van der Waals surface area (Å²) in [5.74, 6) is -0.0396. The Labute approximate surface area is 165 Å². The Balaban J connectivity index is 1.49. The van der Waals surface area contributed by atoms with E-state index < -0.39 is 24.2 Å². The fourth-order valence-corrected chi connectivity index (χ4v) is 3.65. The third kappa shape index (κ3) is 4.25. The fourth-order valence-electron chi connectivity index (χ4n) is 3.65. The van der Waals surface area contributed by atoms with Crippen molar-refractivity contribution < 1.29 is 27.1 Å². The zero-order valence-electron chi connectivity index (χ0n) is 15.6. The molecule has 2 aromatic heterocycles. The molecule has 158 valence electrons. The molecule has 0 aromatic carbocycles. The van der Waals surface area contributed by atoms with Crippen LogP contribution in [0.25, 0.3) is 0 Å². The maximum Gasteiger partial charge on any atom is 0.410 e. The number of nitrogens with zero attached hydrogens (tertiary/aromatic N) is 3. The number of carbonyl (C=O) groups excluding carboxylic acids is 1. The van der Waals surface area contributed by atoms with Crippen LogP contribution in [0.2, 0.25) is 0 Å². The first kappa shape index (κ1) is 19.8. The summed E-state index contributed by atoms with van der Waals surface area (Å²) in [6, 6.07) is 0.675. The largest absolute Gasteiger partial charge is 0.467 e. The van der Waals surface area contributed by atoms with Crippen LogP contribution in [0, 0.1) is 0 Å². The number of rotatable bonds is 5. The van der Waals surface area contributed by atoms with E-state index in [1.165, 1.54) is 12.5 Å². The minimum absolute atomic E-state index is 0.0452. The molecule has 0 radical (unpaired) electrons. The van der Waals surface area contributed by atoms with Gasteiger partial charge in [0, 0.05) is 32.6 Å². The van der Waals surface area contributed by atoms with E-state index >= 15 is 0 Å². The molecular weight excluding hydrogens is 391 g/mol. The van der Waals surface area contributed by atoms with Crippen molar-refractivity contribution in [3.8, 4) is 0 Å². The SMILES string of the molecule is O=C(NCCN1CCOCC1)c1cnn2c1N[C@@H](c1ccco1)C[C@@H]2C(F)(F)F. The van der Waals surface area contributed by atoms with Gasteiger partial charge in [-0.05, 0) is 12.1 Å². The van der Waals surface area contributed by atoms with Gasteiger partial charge in [-0.15, -0.1) is 0 Å². The lowest BCUT2D eigenvalue weighted by atomic mass is 10.0. The van der Waals surface area contributed by atoms with E-state index in [2.05, 4.69) is 20.6 Å². The number of ether oxygens (including phenoxy) is 1. The molecule has 1 saturated heterocycles. The molecule has 2 N–H and O–H groups in total. The third-order valence-corrected chi connectivity index (χ3v) is 5.19. The Morgan fingerprint density at radius 3 is 2.83 bits per heavy atom. The molecule has 2 aliphatic heterocycles. The molecule has 0 saturated carbocycles. The summed E-state index contributed by atoms with van der Waals surface area (Å²) in [7, 11) is 0. The average molecular weight is 413 g/mol. The molecule has 4 heterocycles. The van der Waals surface area contributed by atoms with E-state index in [4.69, 9.17) is 9.15 Å². The molecule has 0 spiro atoms. The van der Waals surface area contributed by atoms with Crippen molar-refractivity contribution in [1.29, 1.82) is 0 Å². The molecular formula is C18H22F3N5O3. The van der Waals surface area contributed by atoms with Crippen molar-refractivity contribution in [3.05, 3.63) is 35.9 Å². The van der Waals surface area contributed by atoms with Crippen molar-refractivity contribution in [2.24, 2.45) is 0 Å². The van der Waals surface area contributed by atoms with Crippen LogP contribution >= 0.6 is 0 Å². The number of halogens is 3. The molecule has 11 heteroatoms. The first-order valence-electron chi connectivity index (χ1n) is 9.46. The number of hydrogen-bond acceptors (Lipinski definition) is 6. The second-order valence-electron chi connectivity index (χ2n) is 7.07. The maximum atomic E-state index is 13.6. The van der Waals surface area contributed by atoms with E-state index in [1.807, 2.05) is 0 Å². The van der Waals surface area contributed by atoms with Crippen molar-refractivity contribution in [2.75, 3.05) is 44.7 Å². The van der Waals surface area contributed by atoms with Crippen LogP contribution in [0.15, 0.2) is 29.0 Å². The summed E-state index contributed by atoms with van der Waals surface area (Å²) in [6.45, 7) is 3.92. The Morgan fingerprint density at radius 1 is 1.34 bits per heavy atom. The van der Waals surface area contributed by atoms with Crippen LogP contribution in [0.3, 0.4) is 0 Å². The molecule has 1 amide bonds. The van der Waals surface area contributed by atoms with Crippen molar-refractivity contribution in [3.63, 3.8) is 0 Å². The van der Waals surface area contributed by atoms with Crippen LogP contribution in [0.4, 0.5) is 19.0 Å². The van der Waals surface area contributed by atoms with E-state index in [1.54, 1.807) is 12.1 Å². The third-order valence-electron chi connectivity index (χ3n) is 5.19. The van der Waals surface area contributed by atoms with Gasteiger partial charge in [0.15, 0.2) is 6.04 Å². The first-order chi connectivity index (χ1) is 13.9. The number of alkyl halides is 3. The predicted molar refractivity (Wildman–Crippen MR) is 96.6 cm³/mol. The van der Waals surface area contributed by atoms with Gasteiger partial charge in [-0.25, -0.2) is 4.68 Å². The number of furan rings is 1. The minimum Gasteiger partial charge on any atom is -0.467 e. The Bertz CT molecular complexity index is 830. The number of morpholine rings is 1. The molecule has 0 unspecified atom stereocenters. The summed E-state index contributed by atoms with van der Waals surface area (Å²) >= 11 is 0. The van der Waals surface area contributed by atoms with E-state index in [0.717, 1.165) is 17.8 Å². The zero-order valence-corrected chi connectivity index (χ0v) is 15.6. The van der Waals surface area contributed by atoms with Gasteiger partial charge in [-0.2, -0.15) is 18.3 Å². The molecule has 2 aromatic rings. The molecule has 1 fully saturated rings. The number of anilines is 1. The van der Waals surface area contributed by atoms with Gasteiger partial charge in [0.25, 0.3) is 5.91 Å². The van der Waals surface area contributed by atoms with Crippen LogP contribution in [0.5, 0.6) is 0 Å². The normalized spacial score (nSPS) is 22.7. The Kier molecular flexibility index (Phi) is 5.50. The molecule has 29 heavy (non-hydrogen) atoms. The maximum absolute atomic E-state index is 13.6. The lowest BCUT2D eigenvalue weighted by molar-refractivity contribution is -0.174. The standard InChI is InChI=1S/C18H22F3N5O3/c19-18(20,21)15-10-13(14-2-1-7-29-14)24-16-12(11-23-26(15)16)17(27)22-3-4-25-5-8-28-9-6-25/h1-2,7,11,13,15,24H,3-6,8-10H2,(H,22,27)/t13-,15-/m1/s1. The highest BCUT2D eigenvalue weighted by Crippen LogP contribution is 2.44. The molecule has 0 aliphatic carbocycles. The van der Waals surface area contributed by atoms with E-state index in [0.29, 0.717) is 32.1 Å². The summed E-state index contributed by atoms with van der Waals surface area (Å²) in [6.07, 6.45) is -2.19. The highest BCUT2D eigenvalue weighted by molar-refractivity contribution is 5.98. The number of amides is 1. The number of carbonyl (C=O) groups is 1.